The number of halogens is 1. The molecule has 22 heavy (non-hydrogen) atoms. The summed E-state index contributed by atoms with van der Waals surface area (Å²) in [7, 11) is 3.81. The third kappa shape index (κ3) is 6.12. The van der Waals surface area contributed by atoms with Crippen molar-refractivity contribution in [3.8, 4) is 0 Å². The summed E-state index contributed by atoms with van der Waals surface area (Å²) in [4.78, 5) is 14.0. The molecule has 1 aromatic carbocycles. The molecule has 0 aliphatic rings. The molecule has 0 heterocycles. The quantitative estimate of drug-likeness (QED) is 0.802. The van der Waals surface area contributed by atoms with Crippen molar-refractivity contribution in [1.29, 1.82) is 0 Å². The zero-order chi connectivity index (χ0) is 16.7. The molecule has 0 aliphatic heterocycles. The fourth-order valence-electron chi connectivity index (χ4n) is 2.07. The van der Waals surface area contributed by atoms with Gasteiger partial charge >= 0.3 is 0 Å². The number of nitrogens with zero attached hydrogens (tertiary/aromatic N) is 1. The Morgan fingerprint density at radius 3 is 2.55 bits per heavy atom. The van der Waals surface area contributed by atoms with Gasteiger partial charge in [0.1, 0.15) is 11.9 Å². The highest BCUT2D eigenvalue weighted by Crippen LogP contribution is 2.18. The molecule has 124 valence electrons. The number of nitrogens with one attached hydrogen (secondary N) is 1. The molecular weight excluding hydrogens is 283 g/mol. The van der Waals surface area contributed by atoms with E-state index in [1.165, 1.54) is 12.1 Å². The van der Waals surface area contributed by atoms with E-state index in [-0.39, 0.29) is 17.8 Å². The number of hydrogen-bond donors (Lipinski definition) is 1. The SMILES string of the molecule is CC(C)CO[C@H](C)C(=O)NC[C@H](c1cccc(F)c1)N(C)C. The minimum Gasteiger partial charge on any atom is -0.368 e. The van der Waals surface area contributed by atoms with Crippen LogP contribution in [0.4, 0.5) is 4.39 Å². The van der Waals surface area contributed by atoms with Crippen molar-refractivity contribution >= 4 is 5.91 Å². The van der Waals surface area contributed by atoms with Crippen LogP contribution in [0.2, 0.25) is 0 Å². The Morgan fingerprint density at radius 2 is 2.00 bits per heavy atom. The minimum absolute atomic E-state index is 0.0862. The Labute approximate surface area is 132 Å². The first-order valence-corrected chi connectivity index (χ1v) is 7.62. The van der Waals surface area contributed by atoms with E-state index in [2.05, 4.69) is 5.32 Å². The number of amides is 1. The lowest BCUT2D eigenvalue weighted by Crippen LogP contribution is -2.40. The number of likely N-dealkylation sites (N-methyl/N-ethyl adjacent to an activating group) is 1. The van der Waals surface area contributed by atoms with Crippen LogP contribution in [0.25, 0.3) is 0 Å². The second-order valence-electron chi connectivity index (χ2n) is 6.15. The van der Waals surface area contributed by atoms with Gasteiger partial charge in [0.25, 0.3) is 0 Å². The standard InChI is InChI=1S/C17H27FN2O2/c1-12(2)11-22-13(3)17(21)19-10-16(20(4)5)14-7-6-8-15(18)9-14/h6-9,12-13,16H,10-11H2,1-5H3,(H,19,21)/t13-,16-/m1/s1. The van der Waals surface area contributed by atoms with E-state index in [4.69, 9.17) is 4.74 Å². The minimum atomic E-state index is -0.488. The van der Waals surface area contributed by atoms with E-state index >= 15 is 0 Å². The monoisotopic (exact) mass is 310 g/mol. The molecular formula is C17H27FN2O2. The summed E-state index contributed by atoms with van der Waals surface area (Å²) in [6.45, 7) is 6.78. The van der Waals surface area contributed by atoms with Crippen LogP contribution in [0.5, 0.6) is 0 Å². The van der Waals surface area contributed by atoms with E-state index in [1.807, 2.05) is 38.9 Å². The van der Waals surface area contributed by atoms with E-state index in [0.717, 1.165) is 5.56 Å². The number of hydrogen-bond acceptors (Lipinski definition) is 3. The van der Waals surface area contributed by atoms with Crippen LogP contribution in [0.1, 0.15) is 32.4 Å². The van der Waals surface area contributed by atoms with E-state index < -0.39 is 6.10 Å². The summed E-state index contributed by atoms with van der Waals surface area (Å²) >= 11 is 0. The Hall–Kier alpha value is -1.46. The third-order valence-electron chi connectivity index (χ3n) is 3.38. The van der Waals surface area contributed by atoms with Gasteiger partial charge in [-0.2, -0.15) is 0 Å². The number of ether oxygens (including phenoxy) is 1. The van der Waals surface area contributed by atoms with Crippen molar-refractivity contribution in [3.05, 3.63) is 35.6 Å². The lowest BCUT2D eigenvalue weighted by Gasteiger charge is -2.26. The van der Waals surface area contributed by atoms with Gasteiger partial charge in [-0.05, 0) is 44.6 Å². The summed E-state index contributed by atoms with van der Waals surface area (Å²) in [5, 5.41) is 2.88. The smallest absolute Gasteiger partial charge is 0.248 e. The van der Waals surface area contributed by atoms with Gasteiger partial charge in [0.2, 0.25) is 5.91 Å². The van der Waals surface area contributed by atoms with Crippen molar-refractivity contribution in [2.24, 2.45) is 5.92 Å². The summed E-state index contributed by atoms with van der Waals surface area (Å²) in [5.74, 6) is -0.0368. The van der Waals surface area contributed by atoms with E-state index in [1.54, 1.807) is 13.0 Å². The van der Waals surface area contributed by atoms with Crippen molar-refractivity contribution in [2.75, 3.05) is 27.2 Å². The molecule has 1 aromatic rings. The second-order valence-corrected chi connectivity index (χ2v) is 6.15. The molecule has 0 aromatic heterocycles. The molecule has 5 heteroatoms. The van der Waals surface area contributed by atoms with Crippen LogP contribution in [-0.2, 0) is 9.53 Å². The molecule has 2 atom stereocenters. The summed E-state index contributed by atoms with van der Waals surface area (Å²) < 4.78 is 18.9. The van der Waals surface area contributed by atoms with Gasteiger partial charge in [-0.15, -0.1) is 0 Å². The van der Waals surface area contributed by atoms with Gasteiger partial charge in [0.15, 0.2) is 0 Å². The summed E-state index contributed by atoms with van der Waals surface area (Å²) in [6, 6.07) is 6.36. The molecule has 0 fully saturated rings. The maximum Gasteiger partial charge on any atom is 0.248 e. The molecule has 1 amide bonds. The highest BCUT2D eigenvalue weighted by atomic mass is 19.1. The molecule has 0 unspecified atom stereocenters. The Kier molecular flexibility index (Phi) is 7.48. The fourth-order valence-corrected chi connectivity index (χ4v) is 2.07. The number of rotatable bonds is 8. The van der Waals surface area contributed by atoms with Gasteiger partial charge in [0, 0.05) is 13.2 Å². The van der Waals surface area contributed by atoms with Gasteiger partial charge in [-0.25, -0.2) is 4.39 Å². The van der Waals surface area contributed by atoms with Crippen LogP contribution >= 0.6 is 0 Å². The van der Waals surface area contributed by atoms with Crippen molar-refractivity contribution in [3.63, 3.8) is 0 Å². The first-order valence-electron chi connectivity index (χ1n) is 7.62. The number of carbonyl (C=O) groups excluding carboxylic acids is 1. The Balaban J connectivity index is 2.60. The number of benzene rings is 1. The Morgan fingerprint density at radius 1 is 1.32 bits per heavy atom. The van der Waals surface area contributed by atoms with Crippen LogP contribution in [0.15, 0.2) is 24.3 Å². The molecule has 0 saturated carbocycles. The average molecular weight is 310 g/mol. The highest BCUT2D eigenvalue weighted by molar-refractivity contribution is 5.80. The second kappa shape index (κ2) is 8.86. The molecule has 0 bridgehead atoms. The molecule has 0 aliphatic carbocycles. The first-order chi connectivity index (χ1) is 10.3. The maximum absolute atomic E-state index is 13.4. The lowest BCUT2D eigenvalue weighted by molar-refractivity contribution is -0.132. The van der Waals surface area contributed by atoms with Crippen molar-refractivity contribution in [1.82, 2.24) is 10.2 Å². The molecule has 0 radical (unpaired) electrons. The van der Waals surface area contributed by atoms with Gasteiger partial charge < -0.3 is 15.0 Å². The van der Waals surface area contributed by atoms with Crippen LogP contribution in [0.3, 0.4) is 0 Å². The third-order valence-corrected chi connectivity index (χ3v) is 3.38. The van der Waals surface area contributed by atoms with Crippen LogP contribution in [0, 0.1) is 11.7 Å². The van der Waals surface area contributed by atoms with Gasteiger partial charge in [0.05, 0.1) is 6.04 Å². The normalized spacial score (nSPS) is 14.2. The molecule has 0 spiro atoms. The van der Waals surface area contributed by atoms with E-state index in [0.29, 0.717) is 19.1 Å². The van der Waals surface area contributed by atoms with Gasteiger partial charge in [-0.3, -0.25) is 4.79 Å². The predicted molar refractivity (Wildman–Crippen MR) is 86.1 cm³/mol. The zero-order valence-electron chi connectivity index (χ0n) is 14.1. The van der Waals surface area contributed by atoms with Crippen molar-refractivity contribution < 1.29 is 13.9 Å². The molecule has 1 rings (SSSR count). The molecule has 1 N–H and O–H groups in total. The first kappa shape index (κ1) is 18.6. The van der Waals surface area contributed by atoms with Crippen LogP contribution in [-0.4, -0.2) is 44.2 Å². The maximum atomic E-state index is 13.4. The fraction of sp³-hybridized carbons (Fsp3) is 0.588. The average Bonchev–Trinajstić information content (AvgIpc) is 2.44. The number of carbonyl (C=O) groups is 1. The lowest BCUT2D eigenvalue weighted by atomic mass is 10.1. The topological polar surface area (TPSA) is 41.6 Å². The predicted octanol–water partition coefficient (Wildman–Crippen LogP) is 2.61. The molecule has 0 saturated heterocycles. The summed E-state index contributed by atoms with van der Waals surface area (Å²) in [6.07, 6.45) is -0.488. The zero-order valence-corrected chi connectivity index (χ0v) is 14.1. The van der Waals surface area contributed by atoms with Crippen molar-refractivity contribution in [2.45, 2.75) is 32.9 Å². The highest BCUT2D eigenvalue weighted by Gasteiger charge is 2.19. The van der Waals surface area contributed by atoms with Gasteiger partial charge in [-0.1, -0.05) is 26.0 Å². The molecule has 4 nitrogen and oxygen atoms in total. The largest absolute Gasteiger partial charge is 0.368 e. The summed E-state index contributed by atoms with van der Waals surface area (Å²) in [5.41, 5.74) is 0.834. The van der Waals surface area contributed by atoms with Crippen LogP contribution < -0.4 is 5.32 Å². The van der Waals surface area contributed by atoms with E-state index in [9.17, 15) is 9.18 Å². The Bertz CT molecular complexity index is 477.